The number of rotatable bonds is 6. The van der Waals surface area contributed by atoms with Gasteiger partial charge in [-0.2, -0.15) is 0 Å². The third-order valence-electron chi connectivity index (χ3n) is 3.37. The van der Waals surface area contributed by atoms with E-state index in [2.05, 4.69) is 10.2 Å². The monoisotopic (exact) mass is 330 g/mol. The quantitative estimate of drug-likeness (QED) is 0.425. The largest absolute Gasteiger partial charge is 0.493 e. The molecule has 0 spiro atoms. The van der Waals surface area contributed by atoms with E-state index in [1.54, 1.807) is 6.26 Å². The number of hydrogen-bond acceptors (Lipinski definition) is 6. The smallest absolute Gasteiger partial charge is 0.210 e. The van der Waals surface area contributed by atoms with Gasteiger partial charge in [-0.15, -0.1) is 10.2 Å². The predicted molar refractivity (Wildman–Crippen MR) is 90.0 cm³/mol. The van der Waals surface area contributed by atoms with E-state index in [0.29, 0.717) is 17.6 Å². The highest BCUT2D eigenvalue weighted by atomic mass is 32.2. The summed E-state index contributed by atoms with van der Waals surface area (Å²) in [5, 5.41) is 8.90. The van der Waals surface area contributed by atoms with Crippen LogP contribution < -0.4 is 10.6 Å². The van der Waals surface area contributed by atoms with Gasteiger partial charge in [0.2, 0.25) is 5.16 Å². The maximum atomic E-state index is 6.06. The zero-order chi connectivity index (χ0) is 16.2. The highest BCUT2D eigenvalue weighted by Gasteiger charge is 2.15. The molecule has 23 heavy (non-hydrogen) atoms. The molecule has 0 unspecified atom stereocenters. The van der Waals surface area contributed by atoms with Crippen molar-refractivity contribution in [2.24, 2.45) is 0 Å². The number of ether oxygens (including phenoxy) is 1. The van der Waals surface area contributed by atoms with E-state index in [1.807, 2.05) is 44.2 Å². The Kier molecular flexibility index (Phi) is 4.57. The second-order valence-electron chi connectivity index (χ2n) is 5.08. The molecule has 3 rings (SSSR count). The van der Waals surface area contributed by atoms with Crippen molar-refractivity contribution in [3.05, 3.63) is 47.9 Å². The third-order valence-corrected chi connectivity index (χ3v) is 4.28. The lowest BCUT2D eigenvalue weighted by atomic mass is 10.2. The van der Waals surface area contributed by atoms with Crippen molar-refractivity contribution < 1.29 is 9.15 Å². The van der Waals surface area contributed by atoms with Gasteiger partial charge in [-0.05, 0) is 32.0 Å². The van der Waals surface area contributed by atoms with Gasteiger partial charge in [0.15, 0.2) is 5.82 Å². The van der Waals surface area contributed by atoms with Crippen LogP contribution in [0.2, 0.25) is 0 Å². The Bertz CT molecular complexity index is 780. The second kappa shape index (κ2) is 6.78. The van der Waals surface area contributed by atoms with Gasteiger partial charge in [-0.25, -0.2) is 4.68 Å². The minimum atomic E-state index is 0.570. The van der Waals surface area contributed by atoms with Gasteiger partial charge in [-0.1, -0.05) is 29.5 Å². The van der Waals surface area contributed by atoms with E-state index in [-0.39, 0.29) is 0 Å². The number of benzene rings is 1. The number of hydrogen-bond donors (Lipinski definition) is 1. The molecule has 2 N–H and O–H groups in total. The molecule has 0 aliphatic heterocycles. The minimum Gasteiger partial charge on any atom is -0.493 e. The fraction of sp³-hybridized carbons (Fsp3) is 0.250. The lowest BCUT2D eigenvalue weighted by molar-refractivity contribution is 0.344. The lowest BCUT2D eigenvalue weighted by Crippen LogP contribution is -2.12. The summed E-state index contributed by atoms with van der Waals surface area (Å²) in [5.41, 5.74) is 2.06. The Hall–Kier alpha value is -2.41. The highest BCUT2D eigenvalue weighted by molar-refractivity contribution is 7.99. The zero-order valence-electron chi connectivity index (χ0n) is 13.0. The third kappa shape index (κ3) is 3.50. The Balaban J connectivity index is 1.56. The Labute approximate surface area is 138 Å². The summed E-state index contributed by atoms with van der Waals surface area (Å²) in [7, 11) is 0. The summed E-state index contributed by atoms with van der Waals surface area (Å²) in [4.78, 5) is 0. The van der Waals surface area contributed by atoms with E-state index < -0.39 is 0 Å². The molecule has 0 fully saturated rings. The molecule has 0 amide bonds. The van der Waals surface area contributed by atoms with E-state index in [1.165, 1.54) is 22.0 Å². The van der Waals surface area contributed by atoms with Crippen molar-refractivity contribution in [3.63, 3.8) is 0 Å². The molecule has 1 aromatic carbocycles. The molecule has 2 aromatic heterocycles. The SMILES string of the molecule is Cc1ccc(OCCSc2nnc(-c3ccoc3C)n2N)cc1. The van der Waals surface area contributed by atoms with Gasteiger partial charge in [0.1, 0.15) is 11.5 Å². The first kappa shape index (κ1) is 15.5. The van der Waals surface area contributed by atoms with Crippen LogP contribution in [0.1, 0.15) is 11.3 Å². The molecule has 0 bridgehead atoms. The molecule has 2 heterocycles. The number of furan rings is 1. The molecular formula is C16H18N4O2S. The van der Waals surface area contributed by atoms with Crippen LogP contribution >= 0.6 is 11.8 Å². The molecule has 0 aliphatic carbocycles. The first-order chi connectivity index (χ1) is 11.1. The van der Waals surface area contributed by atoms with Crippen molar-refractivity contribution in [1.29, 1.82) is 0 Å². The van der Waals surface area contributed by atoms with Crippen LogP contribution in [0.4, 0.5) is 0 Å². The fourth-order valence-corrected chi connectivity index (χ4v) is 2.78. The topological polar surface area (TPSA) is 79.1 Å². The van der Waals surface area contributed by atoms with Crippen molar-refractivity contribution in [3.8, 4) is 17.1 Å². The highest BCUT2D eigenvalue weighted by Crippen LogP contribution is 2.24. The second-order valence-corrected chi connectivity index (χ2v) is 6.14. The first-order valence-corrected chi connectivity index (χ1v) is 8.21. The Morgan fingerprint density at radius 3 is 2.65 bits per heavy atom. The average molecular weight is 330 g/mol. The van der Waals surface area contributed by atoms with Gasteiger partial charge in [-0.3, -0.25) is 0 Å². The van der Waals surface area contributed by atoms with Crippen LogP contribution in [-0.2, 0) is 0 Å². The van der Waals surface area contributed by atoms with Crippen LogP contribution in [0.25, 0.3) is 11.4 Å². The first-order valence-electron chi connectivity index (χ1n) is 7.22. The maximum Gasteiger partial charge on any atom is 0.210 e. The number of nitrogens with two attached hydrogens (primary N) is 1. The maximum absolute atomic E-state index is 6.06. The molecule has 0 saturated heterocycles. The van der Waals surface area contributed by atoms with Crippen LogP contribution in [0.15, 0.2) is 46.2 Å². The number of nitrogens with zero attached hydrogens (tertiary/aromatic N) is 3. The zero-order valence-corrected chi connectivity index (χ0v) is 13.8. The van der Waals surface area contributed by atoms with Crippen LogP contribution in [0.5, 0.6) is 5.75 Å². The van der Waals surface area contributed by atoms with E-state index in [9.17, 15) is 0 Å². The molecule has 0 saturated carbocycles. The summed E-state index contributed by atoms with van der Waals surface area (Å²) >= 11 is 1.50. The van der Waals surface area contributed by atoms with E-state index >= 15 is 0 Å². The number of aryl methyl sites for hydroxylation is 2. The van der Waals surface area contributed by atoms with E-state index in [4.69, 9.17) is 15.0 Å². The van der Waals surface area contributed by atoms with Crippen molar-refractivity contribution in [1.82, 2.24) is 14.9 Å². The molecule has 0 aliphatic rings. The van der Waals surface area contributed by atoms with Crippen molar-refractivity contribution >= 4 is 11.8 Å². The summed E-state index contributed by atoms with van der Waals surface area (Å²) in [6.45, 7) is 4.49. The number of nitrogen functional groups attached to an aromatic ring is 1. The summed E-state index contributed by atoms with van der Waals surface area (Å²) in [6, 6.07) is 9.81. The molecule has 7 heteroatoms. The summed E-state index contributed by atoms with van der Waals surface area (Å²) < 4.78 is 12.4. The molecular weight excluding hydrogens is 312 g/mol. The van der Waals surface area contributed by atoms with Gasteiger partial charge < -0.3 is 15.0 Å². The summed E-state index contributed by atoms with van der Waals surface area (Å²) in [5.74, 6) is 9.02. The van der Waals surface area contributed by atoms with E-state index in [0.717, 1.165) is 22.8 Å². The van der Waals surface area contributed by atoms with Gasteiger partial charge >= 0.3 is 0 Å². The number of thioether (sulfide) groups is 1. The van der Waals surface area contributed by atoms with Gasteiger partial charge in [0.05, 0.1) is 18.4 Å². The van der Waals surface area contributed by atoms with Gasteiger partial charge in [0.25, 0.3) is 0 Å². The standard InChI is InChI=1S/C16H18N4O2S/c1-11-3-5-13(6-4-11)22-9-10-23-16-19-18-15(20(16)17)14-7-8-21-12(14)2/h3-8H,9-10,17H2,1-2H3. The Morgan fingerprint density at radius 2 is 1.96 bits per heavy atom. The fourth-order valence-electron chi connectivity index (χ4n) is 2.10. The number of aromatic nitrogens is 3. The Morgan fingerprint density at radius 1 is 1.17 bits per heavy atom. The summed E-state index contributed by atoms with van der Waals surface area (Å²) in [6.07, 6.45) is 1.61. The van der Waals surface area contributed by atoms with Crippen molar-refractivity contribution in [2.75, 3.05) is 18.2 Å². The molecule has 0 atom stereocenters. The molecule has 120 valence electrons. The van der Waals surface area contributed by atoms with Gasteiger partial charge in [0, 0.05) is 5.75 Å². The van der Waals surface area contributed by atoms with Crippen molar-refractivity contribution in [2.45, 2.75) is 19.0 Å². The lowest BCUT2D eigenvalue weighted by Gasteiger charge is -2.06. The van der Waals surface area contributed by atoms with Crippen LogP contribution in [0, 0.1) is 13.8 Å². The van der Waals surface area contributed by atoms with Crippen LogP contribution in [-0.4, -0.2) is 27.2 Å². The minimum absolute atomic E-state index is 0.570. The molecule has 0 radical (unpaired) electrons. The van der Waals surface area contributed by atoms with Crippen LogP contribution in [0.3, 0.4) is 0 Å². The molecule has 3 aromatic rings. The average Bonchev–Trinajstić information content (AvgIpc) is 3.12. The predicted octanol–water partition coefficient (Wildman–Crippen LogP) is 3.04. The molecule has 6 nitrogen and oxygen atoms in total. The normalized spacial score (nSPS) is 10.9.